The van der Waals surface area contributed by atoms with Crippen molar-refractivity contribution in [3.63, 3.8) is 0 Å². The number of amides is 1. The fourth-order valence-corrected chi connectivity index (χ4v) is 5.62. The maximum absolute atomic E-state index is 12.7. The molecule has 0 saturated carbocycles. The number of thioether (sulfide) groups is 1. The number of thiazole rings is 1. The second-order valence-corrected chi connectivity index (χ2v) is 10.8. The third-order valence-corrected chi connectivity index (χ3v) is 8.04. The van der Waals surface area contributed by atoms with E-state index in [1.54, 1.807) is 17.1 Å². The van der Waals surface area contributed by atoms with Crippen molar-refractivity contribution in [2.75, 3.05) is 5.32 Å². The lowest BCUT2D eigenvalue weighted by molar-refractivity contribution is 0.102. The Balaban J connectivity index is 1.32. The summed E-state index contributed by atoms with van der Waals surface area (Å²) in [7, 11) is 0. The van der Waals surface area contributed by atoms with Gasteiger partial charge < -0.3 is 5.32 Å². The lowest BCUT2D eigenvalue weighted by atomic mass is 10.1. The molecule has 5 rings (SSSR count). The minimum absolute atomic E-state index is 0.205. The summed E-state index contributed by atoms with van der Waals surface area (Å²) in [6.07, 6.45) is 0.683. The number of benzene rings is 3. The number of carbonyl (C=O) groups is 1. The zero-order valence-electron chi connectivity index (χ0n) is 20.9. The lowest BCUT2D eigenvalue weighted by Crippen LogP contribution is -2.12. The Morgan fingerprint density at radius 1 is 0.946 bits per heavy atom. The van der Waals surface area contributed by atoms with Crippen LogP contribution in [-0.4, -0.2) is 25.7 Å². The van der Waals surface area contributed by atoms with E-state index in [0.717, 1.165) is 32.9 Å². The smallest absolute Gasteiger partial charge is 0.275 e. The van der Waals surface area contributed by atoms with E-state index in [9.17, 15) is 4.79 Å². The Bertz CT molecular complexity index is 1520. The summed E-state index contributed by atoms with van der Waals surface area (Å²) >= 11 is 3.04. The highest BCUT2D eigenvalue weighted by Crippen LogP contribution is 2.28. The molecule has 37 heavy (non-hydrogen) atoms. The molecule has 2 heterocycles. The van der Waals surface area contributed by atoms with E-state index in [-0.39, 0.29) is 5.91 Å². The van der Waals surface area contributed by atoms with Gasteiger partial charge in [-0.25, -0.2) is 4.98 Å². The zero-order chi connectivity index (χ0) is 25.8. The van der Waals surface area contributed by atoms with Crippen molar-refractivity contribution >= 4 is 34.7 Å². The summed E-state index contributed by atoms with van der Waals surface area (Å²) < 4.78 is 2.11. The van der Waals surface area contributed by atoms with Crippen molar-refractivity contribution in [1.29, 1.82) is 0 Å². The third-order valence-electron chi connectivity index (χ3n) is 6.07. The standard InChI is InChI=1S/C29H27N5OS2/c1-19-9-13-24(14-10-19)34-26(16-22-7-5-4-6-8-22)32-33-29(34)37-18-27-31-25(17-36-27)28(35)30-23-12-11-20(2)21(3)15-23/h4-15,17H,16,18H2,1-3H3,(H,30,35). The summed E-state index contributed by atoms with van der Waals surface area (Å²) in [6.45, 7) is 6.16. The van der Waals surface area contributed by atoms with Crippen LogP contribution in [0.3, 0.4) is 0 Å². The van der Waals surface area contributed by atoms with Gasteiger partial charge in [0.1, 0.15) is 16.5 Å². The molecule has 2 aromatic heterocycles. The molecule has 0 atom stereocenters. The van der Waals surface area contributed by atoms with Gasteiger partial charge in [0.25, 0.3) is 5.91 Å². The molecule has 0 aliphatic heterocycles. The van der Waals surface area contributed by atoms with Crippen molar-refractivity contribution in [2.45, 2.75) is 38.1 Å². The minimum atomic E-state index is -0.205. The van der Waals surface area contributed by atoms with Crippen LogP contribution in [0, 0.1) is 20.8 Å². The molecule has 5 aromatic rings. The molecule has 3 aromatic carbocycles. The number of nitrogens with zero attached hydrogens (tertiary/aromatic N) is 4. The van der Waals surface area contributed by atoms with Crippen molar-refractivity contribution in [3.05, 3.63) is 117 Å². The third kappa shape index (κ3) is 5.98. The van der Waals surface area contributed by atoms with Crippen LogP contribution in [0.2, 0.25) is 0 Å². The van der Waals surface area contributed by atoms with Gasteiger partial charge in [-0.3, -0.25) is 9.36 Å². The quantitative estimate of drug-likeness (QED) is 0.226. The summed E-state index contributed by atoms with van der Waals surface area (Å²) in [5.41, 5.74) is 6.92. The minimum Gasteiger partial charge on any atom is -0.321 e. The normalized spacial score (nSPS) is 11.0. The molecule has 186 valence electrons. The topological polar surface area (TPSA) is 72.7 Å². The monoisotopic (exact) mass is 525 g/mol. The van der Waals surface area contributed by atoms with Crippen LogP contribution in [0.15, 0.2) is 83.3 Å². The predicted molar refractivity (Wildman–Crippen MR) is 151 cm³/mol. The Morgan fingerprint density at radius 3 is 2.49 bits per heavy atom. The Hall–Kier alpha value is -3.75. The molecule has 0 unspecified atom stereocenters. The number of nitrogens with one attached hydrogen (secondary N) is 1. The molecule has 0 fully saturated rings. The molecular formula is C29H27N5OS2. The average Bonchev–Trinajstić information content (AvgIpc) is 3.53. The van der Waals surface area contributed by atoms with Gasteiger partial charge in [0, 0.05) is 23.2 Å². The molecule has 0 aliphatic rings. The molecule has 0 saturated heterocycles. The number of aryl methyl sites for hydroxylation is 3. The first-order chi connectivity index (χ1) is 18.0. The molecule has 0 radical (unpaired) electrons. The van der Waals surface area contributed by atoms with E-state index < -0.39 is 0 Å². The maximum Gasteiger partial charge on any atom is 0.275 e. The summed E-state index contributed by atoms with van der Waals surface area (Å²) in [5, 5.41) is 15.4. The fraction of sp³-hybridized carbons (Fsp3) is 0.172. The summed E-state index contributed by atoms with van der Waals surface area (Å²) in [4.78, 5) is 17.3. The molecule has 8 heteroatoms. The second-order valence-electron chi connectivity index (χ2n) is 8.90. The Labute approximate surface area is 224 Å². The van der Waals surface area contributed by atoms with Crippen LogP contribution in [0.25, 0.3) is 5.69 Å². The molecule has 6 nitrogen and oxygen atoms in total. The first-order valence-electron chi connectivity index (χ1n) is 12.0. The van der Waals surface area contributed by atoms with Gasteiger partial charge in [-0.1, -0.05) is 65.9 Å². The Morgan fingerprint density at radius 2 is 1.73 bits per heavy atom. The Kier molecular flexibility index (Phi) is 7.48. The largest absolute Gasteiger partial charge is 0.321 e. The van der Waals surface area contributed by atoms with Crippen LogP contribution >= 0.6 is 23.1 Å². The second kappa shape index (κ2) is 11.1. The number of rotatable bonds is 8. The SMILES string of the molecule is Cc1ccc(-n2c(Cc3ccccc3)nnc2SCc2nc(C(=O)Nc3ccc(C)c(C)c3)cs2)cc1. The molecule has 1 amide bonds. The van der Waals surface area contributed by atoms with Crippen molar-refractivity contribution in [2.24, 2.45) is 0 Å². The molecule has 0 bridgehead atoms. The van der Waals surface area contributed by atoms with Crippen LogP contribution in [0.1, 0.15) is 43.6 Å². The van der Waals surface area contributed by atoms with Crippen molar-refractivity contribution < 1.29 is 4.79 Å². The molecular weight excluding hydrogens is 498 g/mol. The van der Waals surface area contributed by atoms with Gasteiger partial charge in [-0.15, -0.1) is 21.5 Å². The van der Waals surface area contributed by atoms with Gasteiger partial charge in [0.15, 0.2) is 5.16 Å². The van der Waals surface area contributed by atoms with Crippen molar-refractivity contribution in [1.82, 2.24) is 19.7 Å². The fourth-order valence-electron chi connectivity index (χ4n) is 3.86. The van der Waals surface area contributed by atoms with Crippen LogP contribution in [-0.2, 0) is 12.2 Å². The zero-order valence-corrected chi connectivity index (χ0v) is 22.6. The van der Waals surface area contributed by atoms with Gasteiger partial charge >= 0.3 is 0 Å². The van der Waals surface area contributed by atoms with E-state index in [1.807, 2.05) is 43.3 Å². The summed E-state index contributed by atoms with van der Waals surface area (Å²) in [5.74, 6) is 1.27. The van der Waals surface area contributed by atoms with E-state index in [0.29, 0.717) is 17.9 Å². The van der Waals surface area contributed by atoms with E-state index >= 15 is 0 Å². The maximum atomic E-state index is 12.7. The number of aromatic nitrogens is 4. The summed E-state index contributed by atoms with van der Waals surface area (Å²) in [6, 6.07) is 24.5. The average molecular weight is 526 g/mol. The van der Waals surface area contributed by atoms with Crippen LogP contribution in [0.4, 0.5) is 5.69 Å². The predicted octanol–water partition coefficient (Wildman–Crippen LogP) is 6.78. The molecule has 1 N–H and O–H groups in total. The van der Waals surface area contributed by atoms with Crippen LogP contribution in [0.5, 0.6) is 0 Å². The molecule has 0 spiro atoms. The van der Waals surface area contributed by atoms with E-state index in [4.69, 9.17) is 0 Å². The number of carbonyl (C=O) groups excluding carboxylic acids is 1. The van der Waals surface area contributed by atoms with E-state index in [1.165, 1.54) is 28.0 Å². The van der Waals surface area contributed by atoms with Gasteiger partial charge in [-0.2, -0.15) is 0 Å². The van der Waals surface area contributed by atoms with E-state index in [2.05, 4.69) is 75.3 Å². The number of hydrogen-bond acceptors (Lipinski definition) is 6. The highest BCUT2D eigenvalue weighted by atomic mass is 32.2. The van der Waals surface area contributed by atoms with Crippen molar-refractivity contribution in [3.8, 4) is 5.69 Å². The first kappa shape index (κ1) is 24.9. The highest BCUT2D eigenvalue weighted by molar-refractivity contribution is 7.98. The first-order valence-corrected chi connectivity index (χ1v) is 13.8. The number of hydrogen-bond donors (Lipinski definition) is 1. The lowest BCUT2D eigenvalue weighted by Gasteiger charge is -2.10. The highest BCUT2D eigenvalue weighted by Gasteiger charge is 2.17. The number of anilines is 1. The van der Waals surface area contributed by atoms with Crippen LogP contribution < -0.4 is 5.32 Å². The van der Waals surface area contributed by atoms with Gasteiger partial charge in [-0.05, 0) is 61.7 Å². The molecule has 0 aliphatic carbocycles. The van der Waals surface area contributed by atoms with Gasteiger partial charge in [0.05, 0.1) is 5.75 Å². The van der Waals surface area contributed by atoms with Gasteiger partial charge in [0.2, 0.25) is 0 Å².